The fraction of sp³-hybridized carbons (Fsp3) is 0.611. The van der Waals surface area contributed by atoms with Crippen molar-refractivity contribution in [3.05, 3.63) is 35.1 Å². The topological polar surface area (TPSA) is 23.6 Å². The number of carbonyl (C=O) groups excluding carboxylic acids is 1. The van der Waals surface area contributed by atoms with Crippen LogP contribution >= 0.6 is 0 Å². The molecule has 0 saturated carbocycles. The Morgan fingerprint density at radius 3 is 2.68 bits per heavy atom. The first kappa shape index (κ1) is 16.9. The van der Waals surface area contributed by atoms with Crippen LogP contribution in [-0.2, 0) is 11.2 Å². The van der Waals surface area contributed by atoms with Gasteiger partial charge in [-0.3, -0.25) is 4.79 Å². The molecular formula is C18H27FN2O. The zero-order valence-electron chi connectivity index (χ0n) is 14.1. The molecule has 1 aliphatic heterocycles. The molecule has 1 heterocycles. The highest BCUT2D eigenvalue weighted by molar-refractivity contribution is 5.79. The number of rotatable bonds is 5. The molecule has 1 fully saturated rings. The maximum atomic E-state index is 13.3. The van der Waals surface area contributed by atoms with Crippen LogP contribution in [0.25, 0.3) is 0 Å². The Labute approximate surface area is 133 Å². The summed E-state index contributed by atoms with van der Waals surface area (Å²) in [6.07, 6.45) is 2.66. The van der Waals surface area contributed by atoms with Gasteiger partial charge in [-0.05, 0) is 50.6 Å². The second kappa shape index (κ2) is 7.23. The zero-order chi connectivity index (χ0) is 16.3. The van der Waals surface area contributed by atoms with Crippen molar-refractivity contribution < 1.29 is 9.18 Å². The summed E-state index contributed by atoms with van der Waals surface area (Å²) in [7, 11) is 4.18. The average molecular weight is 306 g/mol. The van der Waals surface area contributed by atoms with Crippen LogP contribution in [0.3, 0.4) is 0 Å². The number of likely N-dealkylation sites (N-methyl/N-ethyl adjacent to an activating group) is 1. The number of aryl methyl sites for hydroxylation is 1. The summed E-state index contributed by atoms with van der Waals surface area (Å²) in [6, 6.07) is 5.38. The van der Waals surface area contributed by atoms with Crippen LogP contribution in [0.15, 0.2) is 18.2 Å². The Bertz CT molecular complexity index is 530. The summed E-state index contributed by atoms with van der Waals surface area (Å²) in [4.78, 5) is 16.8. The van der Waals surface area contributed by atoms with E-state index in [4.69, 9.17) is 0 Å². The van der Waals surface area contributed by atoms with Gasteiger partial charge in [0.1, 0.15) is 5.82 Å². The number of halogens is 1. The van der Waals surface area contributed by atoms with Crippen molar-refractivity contribution in [3.63, 3.8) is 0 Å². The quantitative estimate of drug-likeness (QED) is 0.835. The van der Waals surface area contributed by atoms with E-state index in [1.807, 2.05) is 4.90 Å². The minimum Gasteiger partial charge on any atom is -0.340 e. The van der Waals surface area contributed by atoms with E-state index in [0.717, 1.165) is 31.5 Å². The van der Waals surface area contributed by atoms with E-state index in [-0.39, 0.29) is 11.7 Å². The molecule has 1 amide bonds. The molecule has 0 N–H and O–H groups in total. The fourth-order valence-corrected chi connectivity index (χ4v) is 3.40. The average Bonchev–Trinajstić information content (AvgIpc) is 2.88. The summed E-state index contributed by atoms with van der Waals surface area (Å²) < 4.78 is 13.3. The molecule has 2 atom stereocenters. The second-order valence-corrected chi connectivity index (χ2v) is 6.64. The summed E-state index contributed by atoms with van der Waals surface area (Å²) in [6.45, 7) is 5.57. The Morgan fingerprint density at radius 2 is 2.09 bits per heavy atom. The predicted molar refractivity (Wildman–Crippen MR) is 87.3 cm³/mol. The van der Waals surface area contributed by atoms with Crippen LogP contribution in [-0.4, -0.2) is 48.9 Å². The number of amides is 1. The van der Waals surface area contributed by atoms with Crippen LogP contribution in [0.1, 0.15) is 30.9 Å². The number of carbonyl (C=O) groups is 1. The van der Waals surface area contributed by atoms with Gasteiger partial charge in [0.25, 0.3) is 0 Å². The summed E-state index contributed by atoms with van der Waals surface area (Å²) in [5, 5.41) is 0. The van der Waals surface area contributed by atoms with Gasteiger partial charge >= 0.3 is 0 Å². The monoisotopic (exact) mass is 306 g/mol. The Balaban J connectivity index is 2.02. The smallest absolute Gasteiger partial charge is 0.227 e. The van der Waals surface area contributed by atoms with Gasteiger partial charge in [0.2, 0.25) is 5.91 Å². The van der Waals surface area contributed by atoms with Crippen molar-refractivity contribution in [2.24, 2.45) is 5.92 Å². The van der Waals surface area contributed by atoms with Gasteiger partial charge in [0.15, 0.2) is 0 Å². The van der Waals surface area contributed by atoms with E-state index in [2.05, 4.69) is 25.9 Å². The molecule has 1 saturated heterocycles. The third-order valence-electron chi connectivity index (χ3n) is 4.66. The van der Waals surface area contributed by atoms with Crippen molar-refractivity contribution in [3.8, 4) is 0 Å². The lowest BCUT2D eigenvalue weighted by Crippen LogP contribution is -2.36. The minimum atomic E-state index is -0.215. The molecule has 0 unspecified atom stereocenters. The van der Waals surface area contributed by atoms with Crippen molar-refractivity contribution in [2.45, 2.75) is 39.2 Å². The van der Waals surface area contributed by atoms with Crippen molar-refractivity contribution in [1.82, 2.24) is 9.80 Å². The lowest BCUT2D eigenvalue weighted by molar-refractivity contribution is -0.129. The number of nitrogens with zero attached hydrogens (tertiary/aromatic N) is 2. The van der Waals surface area contributed by atoms with Crippen molar-refractivity contribution in [1.29, 1.82) is 0 Å². The molecule has 1 aliphatic rings. The van der Waals surface area contributed by atoms with Gasteiger partial charge in [0, 0.05) is 19.1 Å². The number of likely N-dealkylation sites (tertiary alicyclic amines) is 1. The number of hydrogen-bond donors (Lipinski definition) is 0. The van der Waals surface area contributed by atoms with Crippen LogP contribution < -0.4 is 0 Å². The molecular weight excluding hydrogens is 279 g/mol. The Kier molecular flexibility index (Phi) is 5.57. The fourth-order valence-electron chi connectivity index (χ4n) is 3.40. The van der Waals surface area contributed by atoms with Crippen LogP contribution in [0.2, 0.25) is 0 Å². The standard InChI is InChI=1S/C18H27FN2O/c1-5-6-15-11-21(12-17(15)20(3)4)18(22)10-14-7-8-16(19)13(2)9-14/h7-9,15,17H,5-6,10-12H2,1-4H3/t15-,17-/m1/s1. The zero-order valence-corrected chi connectivity index (χ0v) is 14.1. The third-order valence-corrected chi connectivity index (χ3v) is 4.66. The molecule has 0 spiro atoms. The maximum absolute atomic E-state index is 13.3. The largest absolute Gasteiger partial charge is 0.340 e. The number of benzene rings is 1. The van der Waals surface area contributed by atoms with Gasteiger partial charge in [-0.15, -0.1) is 0 Å². The normalized spacial score (nSPS) is 21.6. The van der Waals surface area contributed by atoms with E-state index in [1.54, 1.807) is 19.1 Å². The van der Waals surface area contributed by atoms with Gasteiger partial charge in [0.05, 0.1) is 6.42 Å². The SMILES string of the molecule is CCC[C@@H]1CN(C(=O)Cc2ccc(F)c(C)c2)C[C@H]1N(C)C. The van der Waals surface area contributed by atoms with Crippen molar-refractivity contribution in [2.75, 3.05) is 27.2 Å². The molecule has 3 nitrogen and oxygen atoms in total. The highest BCUT2D eigenvalue weighted by Gasteiger charge is 2.35. The van der Waals surface area contributed by atoms with Gasteiger partial charge in [-0.25, -0.2) is 4.39 Å². The van der Waals surface area contributed by atoms with Crippen LogP contribution in [0.5, 0.6) is 0 Å². The minimum absolute atomic E-state index is 0.150. The van der Waals surface area contributed by atoms with Gasteiger partial charge in [-0.2, -0.15) is 0 Å². The Hall–Kier alpha value is -1.42. The first-order valence-corrected chi connectivity index (χ1v) is 8.11. The lowest BCUT2D eigenvalue weighted by atomic mass is 9.98. The van der Waals surface area contributed by atoms with Crippen LogP contribution in [0, 0.1) is 18.7 Å². The molecule has 0 radical (unpaired) electrons. The first-order chi connectivity index (χ1) is 10.4. The first-order valence-electron chi connectivity index (χ1n) is 8.11. The molecule has 1 aromatic rings. The highest BCUT2D eigenvalue weighted by Crippen LogP contribution is 2.25. The Morgan fingerprint density at radius 1 is 1.36 bits per heavy atom. The molecule has 22 heavy (non-hydrogen) atoms. The maximum Gasteiger partial charge on any atom is 0.227 e. The molecule has 2 rings (SSSR count). The third kappa shape index (κ3) is 3.86. The molecule has 122 valence electrons. The molecule has 1 aromatic carbocycles. The predicted octanol–water partition coefficient (Wildman–Crippen LogP) is 2.87. The molecule has 4 heteroatoms. The van der Waals surface area contributed by atoms with E-state index in [0.29, 0.717) is 23.9 Å². The van der Waals surface area contributed by atoms with E-state index in [9.17, 15) is 9.18 Å². The van der Waals surface area contributed by atoms with Crippen LogP contribution in [0.4, 0.5) is 4.39 Å². The highest BCUT2D eigenvalue weighted by atomic mass is 19.1. The lowest BCUT2D eigenvalue weighted by Gasteiger charge is -2.24. The second-order valence-electron chi connectivity index (χ2n) is 6.64. The van der Waals surface area contributed by atoms with E-state index >= 15 is 0 Å². The van der Waals surface area contributed by atoms with Gasteiger partial charge in [-0.1, -0.05) is 25.5 Å². The molecule has 0 aromatic heterocycles. The summed E-state index contributed by atoms with van der Waals surface area (Å²) in [5.41, 5.74) is 1.49. The van der Waals surface area contributed by atoms with Crippen molar-refractivity contribution >= 4 is 5.91 Å². The molecule has 0 aliphatic carbocycles. The summed E-state index contributed by atoms with van der Waals surface area (Å²) in [5.74, 6) is 0.489. The number of hydrogen-bond acceptors (Lipinski definition) is 2. The molecule has 0 bridgehead atoms. The van der Waals surface area contributed by atoms with E-state index in [1.165, 1.54) is 6.07 Å². The summed E-state index contributed by atoms with van der Waals surface area (Å²) >= 11 is 0. The van der Waals surface area contributed by atoms with E-state index < -0.39 is 0 Å². The van der Waals surface area contributed by atoms with Gasteiger partial charge < -0.3 is 9.80 Å².